The molecule has 0 bridgehead atoms. The van der Waals surface area contributed by atoms with Gasteiger partial charge in [0.15, 0.2) is 12.1 Å². The summed E-state index contributed by atoms with van der Waals surface area (Å²) >= 11 is 0. The van der Waals surface area contributed by atoms with Gasteiger partial charge in [-0.1, -0.05) is 24.3 Å². The molecule has 0 N–H and O–H groups in total. The molecule has 34 heavy (non-hydrogen) atoms. The molecule has 0 aromatic heterocycles. The molecule has 8 nitrogen and oxygen atoms in total. The summed E-state index contributed by atoms with van der Waals surface area (Å²) in [4.78, 5) is 15.0. The van der Waals surface area contributed by atoms with Crippen LogP contribution in [0.2, 0.25) is 0 Å². The topological polar surface area (TPSA) is 75.7 Å². The van der Waals surface area contributed by atoms with Gasteiger partial charge in [0, 0.05) is 5.69 Å². The highest BCUT2D eigenvalue weighted by Gasteiger charge is 2.64. The molecule has 3 aliphatic rings. The Kier molecular flexibility index (Phi) is 6.07. The van der Waals surface area contributed by atoms with Crippen LogP contribution in [0.25, 0.3) is 0 Å². The van der Waals surface area contributed by atoms with Crippen LogP contribution in [0.3, 0.4) is 0 Å². The van der Waals surface area contributed by atoms with Crippen LogP contribution in [0.4, 0.5) is 5.69 Å². The average Bonchev–Trinajstić information content (AvgIpc) is 3.31. The molecule has 2 aromatic rings. The van der Waals surface area contributed by atoms with Crippen LogP contribution >= 0.6 is 0 Å². The van der Waals surface area contributed by atoms with Crippen molar-refractivity contribution in [2.75, 3.05) is 18.6 Å². The molecule has 3 fully saturated rings. The zero-order chi connectivity index (χ0) is 23.9. The lowest BCUT2D eigenvalue weighted by molar-refractivity contribution is -0.224. The highest BCUT2D eigenvalue weighted by Crippen LogP contribution is 2.44. The number of β-lactam (4-membered cyclic amide) rings is 1. The fraction of sp³-hybridized carbons (Fsp3) is 0.423. The Hall–Kier alpha value is -2.91. The number of rotatable bonds is 8. The number of anilines is 1. The third kappa shape index (κ3) is 4.07. The molecule has 3 aliphatic heterocycles. The van der Waals surface area contributed by atoms with Crippen LogP contribution in [0.5, 0.6) is 11.5 Å². The maximum atomic E-state index is 13.4. The zero-order valence-electron chi connectivity index (χ0n) is 19.5. The number of para-hydroxylation sites is 1. The van der Waals surface area contributed by atoms with E-state index in [1.54, 1.807) is 18.1 Å². The minimum Gasteiger partial charge on any atom is -0.497 e. The van der Waals surface area contributed by atoms with Gasteiger partial charge in [0.25, 0.3) is 5.91 Å². The maximum absolute atomic E-state index is 13.4. The van der Waals surface area contributed by atoms with Crippen molar-refractivity contribution in [2.45, 2.75) is 56.4 Å². The standard InChI is InChI=1S/C26H29NO7/c1-5-15-30-22-20(32-25-23(22)33-26(2,3)34-25)19-21(31-18-9-7-6-8-10-18)24(28)27(19)16-11-13-17(29-4)14-12-16/h5-14,19-23,25H,1,15H2,2-4H3/t19-,20-,21+,22+,23-,25-/m1/s1. The molecule has 3 heterocycles. The molecule has 6 atom stereocenters. The van der Waals surface area contributed by atoms with Gasteiger partial charge in [-0.05, 0) is 50.2 Å². The fourth-order valence-corrected chi connectivity index (χ4v) is 4.76. The van der Waals surface area contributed by atoms with E-state index in [4.69, 9.17) is 28.4 Å². The minimum atomic E-state index is -0.791. The van der Waals surface area contributed by atoms with E-state index in [9.17, 15) is 4.79 Å². The summed E-state index contributed by atoms with van der Waals surface area (Å²) < 4.78 is 36.0. The highest BCUT2D eigenvalue weighted by molar-refractivity contribution is 6.05. The smallest absolute Gasteiger partial charge is 0.270 e. The lowest BCUT2D eigenvalue weighted by Gasteiger charge is -2.49. The summed E-state index contributed by atoms with van der Waals surface area (Å²) in [6, 6.07) is 16.1. The summed E-state index contributed by atoms with van der Waals surface area (Å²) in [5, 5.41) is 0. The van der Waals surface area contributed by atoms with E-state index in [0.29, 0.717) is 23.8 Å². The van der Waals surface area contributed by atoms with Crippen molar-refractivity contribution in [1.82, 2.24) is 0 Å². The Morgan fingerprint density at radius 1 is 1.03 bits per heavy atom. The number of amides is 1. The molecule has 5 rings (SSSR count). The monoisotopic (exact) mass is 467 g/mol. The molecule has 0 radical (unpaired) electrons. The van der Waals surface area contributed by atoms with Gasteiger partial charge in [0.05, 0.1) is 13.7 Å². The van der Waals surface area contributed by atoms with Crippen LogP contribution in [0, 0.1) is 0 Å². The second kappa shape index (κ2) is 9.03. The number of ether oxygens (including phenoxy) is 6. The fourth-order valence-electron chi connectivity index (χ4n) is 4.76. The van der Waals surface area contributed by atoms with Crippen molar-refractivity contribution >= 4 is 11.6 Å². The summed E-state index contributed by atoms with van der Waals surface area (Å²) in [5.74, 6) is 0.356. The Morgan fingerprint density at radius 3 is 2.44 bits per heavy atom. The van der Waals surface area contributed by atoms with Crippen molar-refractivity contribution in [2.24, 2.45) is 0 Å². The number of methoxy groups -OCH3 is 1. The van der Waals surface area contributed by atoms with Gasteiger partial charge >= 0.3 is 0 Å². The first-order valence-electron chi connectivity index (χ1n) is 11.3. The number of nitrogens with zero attached hydrogens (tertiary/aromatic N) is 1. The first-order chi connectivity index (χ1) is 16.4. The van der Waals surface area contributed by atoms with Crippen molar-refractivity contribution < 1.29 is 33.2 Å². The molecule has 180 valence electrons. The van der Waals surface area contributed by atoms with Gasteiger partial charge in [-0.3, -0.25) is 9.69 Å². The molecular formula is C26H29NO7. The lowest BCUT2D eigenvalue weighted by atomic mass is 9.88. The molecule has 3 saturated heterocycles. The molecule has 2 aromatic carbocycles. The molecule has 0 saturated carbocycles. The number of hydrogen-bond donors (Lipinski definition) is 0. The molecule has 0 spiro atoms. The first kappa shape index (κ1) is 22.9. The van der Waals surface area contributed by atoms with Gasteiger partial charge in [-0.15, -0.1) is 6.58 Å². The Labute approximate surface area is 198 Å². The van der Waals surface area contributed by atoms with E-state index >= 15 is 0 Å². The van der Waals surface area contributed by atoms with Crippen LogP contribution in [-0.2, 0) is 23.7 Å². The van der Waals surface area contributed by atoms with Crippen molar-refractivity contribution in [3.63, 3.8) is 0 Å². The second-order valence-electron chi connectivity index (χ2n) is 8.90. The van der Waals surface area contributed by atoms with E-state index in [2.05, 4.69) is 6.58 Å². The molecule has 1 amide bonds. The number of carbonyl (C=O) groups is 1. The largest absolute Gasteiger partial charge is 0.497 e. The number of carbonyl (C=O) groups excluding carboxylic acids is 1. The molecule has 0 aliphatic carbocycles. The number of benzene rings is 2. The summed E-state index contributed by atoms with van der Waals surface area (Å²) in [7, 11) is 1.60. The third-order valence-corrected chi connectivity index (χ3v) is 6.22. The van der Waals surface area contributed by atoms with E-state index in [1.807, 2.05) is 68.4 Å². The lowest BCUT2D eigenvalue weighted by Crippen LogP contribution is -2.73. The van der Waals surface area contributed by atoms with Gasteiger partial charge in [-0.2, -0.15) is 0 Å². The summed E-state index contributed by atoms with van der Waals surface area (Å²) in [6.07, 6.45) is -1.15. The van der Waals surface area contributed by atoms with Gasteiger partial charge in [-0.25, -0.2) is 0 Å². The van der Waals surface area contributed by atoms with Crippen LogP contribution < -0.4 is 14.4 Å². The molecule has 8 heteroatoms. The van der Waals surface area contributed by atoms with Crippen molar-refractivity contribution in [3.05, 3.63) is 67.3 Å². The van der Waals surface area contributed by atoms with E-state index < -0.39 is 42.5 Å². The summed E-state index contributed by atoms with van der Waals surface area (Å²) in [6.45, 7) is 7.75. The molecular weight excluding hydrogens is 438 g/mol. The van der Waals surface area contributed by atoms with Crippen molar-refractivity contribution in [3.8, 4) is 11.5 Å². The SMILES string of the molecule is C=CCO[C@@H]1[C@H]2OC(C)(C)O[C@H]2O[C@@H]1[C@@H]1[C@H](Oc2ccccc2)C(=O)N1c1ccc(OC)cc1. The average molecular weight is 468 g/mol. The first-order valence-corrected chi connectivity index (χ1v) is 11.3. The predicted octanol–water partition coefficient (Wildman–Crippen LogP) is 3.31. The normalized spacial score (nSPS) is 31.6. The number of hydrogen-bond acceptors (Lipinski definition) is 7. The minimum absolute atomic E-state index is 0.163. The van der Waals surface area contributed by atoms with Crippen LogP contribution in [0.1, 0.15) is 13.8 Å². The van der Waals surface area contributed by atoms with Crippen LogP contribution in [-0.4, -0.2) is 62.2 Å². The van der Waals surface area contributed by atoms with E-state index in [-0.39, 0.29) is 5.91 Å². The van der Waals surface area contributed by atoms with Gasteiger partial charge in [0.1, 0.15) is 35.9 Å². The highest BCUT2D eigenvalue weighted by atomic mass is 16.8. The predicted molar refractivity (Wildman–Crippen MR) is 124 cm³/mol. The Balaban J connectivity index is 1.47. The third-order valence-electron chi connectivity index (χ3n) is 6.22. The van der Waals surface area contributed by atoms with Crippen molar-refractivity contribution in [1.29, 1.82) is 0 Å². The maximum Gasteiger partial charge on any atom is 0.270 e. The zero-order valence-corrected chi connectivity index (χ0v) is 19.5. The van der Waals surface area contributed by atoms with Crippen LogP contribution in [0.15, 0.2) is 67.3 Å². The van der Waals surface area contributed by atoms with Gasteiger partial charge < -0.3 is 28.4 Å². The Bertz CT molecular complexity index is 1030. The second-order valence-corrected chi connectivity index (χ2v) is 8.90. The summed E-state index contributed by atoms with van der Waals surface area (Å²) in [5.41, 5.74) is 0.717. The number of fused-ring (bicyclic) bond motifs is 1. The quantitative estimate of drug-likeness (QED) is 0.436. The van der Waals surface area contributed by atoms with Gasteiger partial charge in [0.2, 0.25) is 6.10 Å². The molecule has 0 unspecified atom stereocenters. The van der Waals surface area contributed by atoms with E-state index in [0.717, 1.165) is 0 Å². The van der Waals surface area contributed by atoms with E-state index in [1.165, 1.54) is 0 Å². The Morgan fingerprint density at radius 2 is 1.76 bits per heavy atom.